The highest BCUT2D eigenvalue weighted by atomic mass is 32.2. The maximum Gasteiger partial charge on any atom is 0.241 e. The average Bonchev–Trinajstić information content (AvgIpc) is 3.17. The van der Waals surface area contributed by atoms with E-state index in [0.717, 1.165) is 11.1 Å². The van der Waals surface area contributed by atoms with Crippen LogP contribution in [0.3, 0.4) is 0 Å². The van der Waals surface area contributed by atoms with Crippen molar-refractivity contribution in [1.29, 1.82) is 0 Å². The Morgan fingerprint density at radius 3 is 2.48 bits per heavy atom. The molecule has 2 aliphatic heterocycles. The lowest BCUT2D eigenvalue weighted by Crippen LogP contribution is -2.57. The molecule has 0 saturated carbocycles. The second kappa shape index (κ2) is 8.62. The summed E-state index contributed by atoms with van der Waals surface area (Å²) >= 11 is 0. The van der Waals surface area contributed by atoms with Crippen molar-refractivity contribution in [1.82, 2.24) is 4.72 Å². The van der Waals surface area contributed by atoms with Crippen molar-refractivity contribution in [3.05, 3.63) is 36.4 Å². The Kier molecular flexibility index (Phi) is 6.23. The van der Waals surface area contributed by atoms with Crippen molar-refractivity contribution >= 4 is 26.5 Å². The largest absolute Gasteiger partial charge is 0.394 e. The van der Waals surface area contributed by atoms with Gasteiger partial charge in [-0.1, -0.05) is 24.3 Å². The van der Waals surface area contributed by atoms with Crippen LogP contribution in [0.15, 0.2) is 41.3 Å². The molecule has 0 aromatic heterocycles. The molecule has 2 aromatic carbocycles. The van der Waals surface area contributed by atoms with Crippen LogP contribution in [-0.2, 0) is 19.5 Å². The average molecular weight is 453 g/mol. The maximum atomic E-state index is 13.1. The third kappa shape index (κ3) is 4.17. The predicted molar refractivity (Wildman–Crippen MR) is 115 cm³/mol. The third-order valence-corrected chi connectivity index (χ3v) is 7.42. The topological polar surface area (TPSA) is 129 Å². The molecule has 2 heterocycles. The van der Waals surface area contributed by atoms with Gasteiger partial charge in [0.25, 0.3) is 0 Å². The van der Waals surface area contributed by atoms with Crippen molar-refractivity contribution in [2.24, 2.45) is 0 Å². The van der Waals surface area contributed by atoms with Gasteiger partial charge in [0.05, 0.1) is 23.7 Å². The number of benzene rings is 2. The first-order chi connectivity index (χ1) is 14.7. The number of nitrogens with one attached hydrogen (secondary N) is 1. The van der Waals surface area contributed by atoms with E-state index in [1.165, 1.54) is 0 Å². The number of anilines is 1. The van der Waals surface area contributed by atoms with Crippen LogP contribution in [0.25, 0.3) is 10.8 Å². The van der Waals surface area contributed by atoms with Crippen LogP contribution < -0.4 is 9.62 Å². The maximum absolute atomic E-state index is 13.1. The summed E-state index contributed by atoms with van der Waals surface area (Å²) in [5, 5.41) is 31.0. The van der Waals surface area contributed by atoms with Crippen molar-refractivity contribution < 1.29 is 33.2 Å². The van der Waals surface area contributed by atoms with Gasteiger partial charge in [-0.2, -0.15) is 0 Å². The van der Waals surface area contributed by atoms with Crippen LogP contribution in [0.4, 0.5) is 5.69 Å². The van der Waals surface area contributed by atoms with Gasteiger partial charge in [0.15, 0.2) is 0 Å². The minimum atomic E-state index is -3.83. The number of nitrogens with zero attached hydrogens (tertiary/aromatic N) is 1. The van der Waals surface area contributed by atoms with E-state index in [1.54, 1.807) is 18.2 Å². The van der Waals surface area contributed by atoms with Gasteiger partial charge in [-0.05, 0) is 12.1 Å². The standard InChI is InChI=1S/C21H28N2O7S/c1-23(2)15-7-3-6-14-13(15)5-4-8-18(14)31(27,28)22-10-12-9-16-21(29-12)20(26)19(25)17(11-24)30-16/h3-8,12,16-17,19-22,24-26H,9-11H2,1-2H3/t12?,16-,17-,19-,20+,21+/m1/s1. The van der Waals surface area contributed by atoms with Gasteiger partial charge in [-0.3, -0.25) is 0 Å². The molecule has 4 rings (SSSR count). The van der Waals surface area contributed by atoms with Crippen LogP contribution in [-0.4, -0.2) is 87.6 Å². The normalized spacial score (nSPS) is 31.0. The predicted octanol–water partition coefficient (Wildman–Crippen LogP) is -0.177. The molecular weight excluding hydrogens is 424 g/mol. The van der Waals surface area contributed by atoms with Crippen LogP contribution in [0, 0.1) is 0 Å². The van der Waals surface area contributed by atoms with Crippen LogP contribution in [0.1, 0.15) is 6.42 Å². The van der Waals surface area contributed by atoms with Gasteiger partial charge in [-0.25, -0.2) is 13.1 Å². The van der Waals surface area contributed by atoms with Crippen LogP contribution >= 0.6 is 0 Å². The van der Waals surface area contributed by atoms with Crippen LogP contribution in [0.5, 0.6) is 0 Å². The molecule has 0 amide bonds. The van der Waals surface area contributed by atoms with Crippen molar-refractivity contribution in [2.75, 3.05) is 32.1 Å². The van der Waals surface area contributed by atoms with Crippen molar-refractivity contribution in [2.45, 2.75) is 47.9 Å². The first-order valence-corrected chi connectivity index (χ1v) is 11.7. The molecule has 2 saturated heterocycles. The van der Waals surface area contributed by atoms with Crippen molar-refractivity contribution in [3.8, 4) is 0 Å². The molecule has 9 nitrogen and oxygen atoms in total. The summed E-state index contributed by atoms with van der Waals surface area (Å²) in [4.78, 5) is 2.11. The Bertz CT molecular complexity index is 1050. The zero-order valence-electron chi connectivity index (χ0n) is 17.4. The van der Waals surface area contributed by atoms with E-state index in [0.29, 0.717) is 11.8 Å². The van der Waals surface area contributed by atoms with E-state index < -0.39 is 53.3 Å². The van der Waals surface area contributed by atoms with E-state index in [2.05, 4.69) is 4.72 Å². The highest BCUT2D eigenvalue weighted by Gasteiger charge is 2.50. The molecule has 2 aliphatic rings. The second-order valence-corrected chi connectivity index (χ2v) is 9.95. The molecule has 10 heteroatoms. The molecule has 170 valence electrons. The molecule has 0 radical (unpaired) electrons. The molecule has 0 bridgehead atoms. The van der Waals surface area contributed by atoms with Gasteiger partial charge in [0.2, 0.25) is 10.0 Å². The molecule has 4 N–H and O–H groups in total. The fourth-order valence-corrected chi connectivity index (χ4v) is 5.65. The number of hydrogen-bond acceptors (Lipinski definition) is 8. The Morgan fingerprint density at radius 1 is 1.06 bits per heavy atom. The fraction of sp³-hybridized carbons (Fsp3) is 0.524. The minimum Gasteiger partial charge on any atom is -0.394 e. The Balaban J connectivity index is 1.50. The van der Waals surface area contributed by atoms with E-state index in [-0.39, 0.29) is 11.4 Å². The number of aliphatic hydroxyl groups excluding tert-OH is 3. The third-order valence-electron chi connectivity index (χ3n) is 5.94. The van der Waals surface area contributed by atoms with E-state index in [9.17, 15) is 23.7 Å². The fourth-order valence-electron chi connectivity index (χ4n) is 4.36. The second-order valence-electron chi connectivity index (χ2n) is 8.21. The number of hydrogen-bond donors (Lipinski definition) is 4. The summed E-state index contributed by atoms with van der Waals surface area (Å²) in [6.07, 6.45) is -4.84. The number of sulfonamides is 1. The number of ether oxygens (including phenoxy) is 2. The summed E-state index contributed by atoms with van der Waals surface area (Å²) in [5.74, 6) is 0. The quantitative estimate of drug-likeness (QED) is 0.475. The van der Waals surface area contributed by atoms with Gasteiger partial charge in [0, 0.05) is 43.5 Å². The van der Waals surface area contributed by atoms with Crippen LogP contribution in [0.2, 0.25) is 0 Å². The number of rotatable bonds is 6. The molecule has 31 heavy (non-hydrogen) atoms. The number of fused-ring (bicyclic) bond motifs is 2. The smallest absolute Gasteiger partial charge is 0.241 e. The molecule has 2 fully saturated rings. The van der Waals surface area contributed by atoms with Gasteiger partial charge in [0.1, 0.15) is 24.4 Å². The minimum absolute atomic E-state index is 0.00490. The number of aliphatic hydroxyl groups is 3. The first kappa shape index (κ1) is 22.4. The van der Waals surface area contributed by atoms with E-state index in [4.69, 9.17) is 9.47 Å². The summed E-state index contributed by atoms with van der Waals surface area (Å²) in [6, 6.07) is 10.7. The van der Waals surface area contributed by atoms with E-state index in [1.807, 2.05) is 37.2 Å². The summed E-state index contributed by atoms with van der Waals surface area (Å²) in [5.41, 5.74) is 0.917. The highest BCUT2D eigenvalue weighted by molar-refractivity contribution is 7.89. The molecule has 0 spiro atoms. The Hall–Kier alpha value is -1.79. The Morgan fingerprint density at radius 2 is 1.77 bits per heavy atom. The lowest BCUT2D eigenvalue weighted by molar-refractivity contribution is -0.217. The van der Waals surface area contributed by atoms with Crippen molar-refractivity contribution in [3.63, 3.8) is 0 Å². The summed E-state index contributed by atoms with van der Waals surface area (Å²) in [7, 11) is -0.0253. The lowest BCUT2D eigenvalue weighted by Gasteiger charge is -2.38. The molecular formula is C21H28N2O7S. The van der Waals surface area contributed by atoms with Gasteiger partial charge >= 0.3 is 0 Å². The SMILES string of the molecule is CN(C)c1cccc2c(S(=O)(=O)NCC3C[C@H]4O[C@H](CO)[C@@H](O)[C@H](O)[C@H]4O3)cccc12. The van der Waals surface area contributed by atoms with Gasteiger partial charge < -0.3 is 29.7 Å². The summed E-state index contributed by atoms with van der Waals surface area (Å²) in [6.45, 7) is -0.427. The Labute approximate surface area is 181 Å². The van der Waals surface area contributed by atoms with E-state index >= 15 is 0 Å². The molecule has 0 aliphatic carbocycles. The highest BCUT2D eigenvalue weighted by Crippen LogP contribution is 2.34. The molecule has 1 unspecified atom stereocenters. The zero-order chi connectivity index (χ0) is 22.3. The monoisotopic (exact) mass is 452 g/mol. The molecule has 6 atom stereocenters. The zero-order valence-corrected chi connectivity index (χ0v) is 18.2. The molecule has 2 aromatic rings. The summed E-state index contributed by atoms with van der Waals surface area (Å²) < 4.78 is 40.1. The first-order valence-electron chi connectivity index (χ1n) is 10.2. The van der Waals surface area contributed by atoms with Gasteiger partial charge in [-0.15, -0.1) is 0 Å². The lowest BCUT2D eigenvalue weighted by atomic mass is 9.95.